The zero-order valence-corrected chi connectivity index (χ0v) is 12.2. The zero-order chi connectivity index (χ0) is 14.8. The highest BCUT2D eigenvalue weighted by molar-refractivity contribution is 5.69. The van der Waals surface area contributed by atoms with Gasteiger partial charge in [-0.25, -0.2) is 9.97 Å². The van der Waals surface area contributed by atoms with Gasteiger partial charge in [-0.15, -0.1) is 0 Å². The van der Waals surface area contributed by atoms with Crippen molar-refractivity contribution in [1.29, 1.82) is 0 Å². The first-order chi connectivity index (χ1) is 9.69. The monoisotopic (exact) mass is 282 g/mol. The molecule has 0 amide bonds. The van der Waals surface area contributed by atoms with Crippen molar-refractivity contribution in [3.63, 3.8) is 0 Å². The van der Waals surface area contributed by atoms with Crippen LogP contribution in [0.3, 0.4) is 0 Å². The minimum atomic E-state index is -0.256. The molecule has 0 aliphatic heterocycles. The predicted molar refractivity (Wildman–Crippen MR) is 76.6 cm³/mol. The topological polar surface area (TPSA) is 85.4 Å². The Labute approximate surface area is 119 Å². The minimum Gasteiger partial charge on any atom is -0.469 e. The van der Waals surface area contributed by atoms with E-state index in [1.54, 1.807) is 6.07 Å². The average Bonchev–Trinajstić information content (AvgIpc) is 2.45. The first kappa shape index (κ1) is 16.2. The molecule has 2 N–H and O–H groups in total. The molecule has 0 atom stereocenters. The first-order valence-corrected chi connectivity index (χ1v) is 6.69. The molecule has 0 spiro atoms. The molecule has 0 aromatic carbocycles. The van der Waals surface area contributed by atoms with Crippen molar-refractivity contribution < 1.29 is 14.3 Å². The van der Waals surface area contributed by atoms with Gasteiger partial charge < -0.3 is 20.1 Å². The van der Waals surface area contributed by atoms with Crippen molar-refractivity contribution in [3.05, 3.63) is 11.9 Å². The number of hydrogen-bond donors (Lipinski definition) is 2. The molecule has 0 saturated heterocycles. The molecule has 0 aliphatic carbocycles. The Morgan fingerprint density at radius 3 is 2.55 bits per heavy atom. The lowest BCUT2D eigenvalue weighted by Crippen LogP contribution is -2.13. The summed E-state index contributed by atoms with van der Waals surface area (Å²) < 4.78 is 9.90. The summed E-state index contributed by atoms with van der Waals surface area (Å²) in [4.78, 5) is 19.7. The fraction of sp³-hybridized carbons (Fsp3) is 0.615. The number of esters is 1. The number of nitrogens with one attached hydrogen (secondary N) is 2. The van der Waals surface area contributed by atoms with Crippen molar-refractivity contribution in [2.75, 3.05) is 37.4 Å². The third kappa shape index (κ3) is 5.83. The van der Waals surface area contributed by atoms with E-state index in [-0.39, 0.29) is 12.4 Å². The molecule has 1 aromatic heterocycles. The number of ether oxygens (including phenoxy) is 2. The molecule has 0 unspecified atom stereocenters. The highest BCUT2D eigenvalue weighted by atomic mass is 16.5. The maximum Gasteiger partial charge on any atom is 0.307 e. The van der Waals surface area contributed by atoms with E-state index in [1.165, 1.54) is 7.11 Å². The Hall–Kier alpha value is -1.89. The molecule has 112 valence electrons. The molecule has 1 rings (SSSR count). The van der Waals surface area contributed by atoms with Gasteiger partial charge in [0.25, 0.3) is 0 Å². The minimum absolute atomic E-state index is 0.256. The Bertz CT molecular complexity index is 426. The summed E-state index contributed by atoms with van der Waals surface area (Å²) in [5.74, 6) is 1.74. The van der Waals surface area contributed by atoms with Crippen molar-refractivity contribution in [3.8, 4) is 0 Å². The van der Waals surface area contributed by atoms with Crippen LogP contribution in [0.25, 0.3) is 0 Å². The fourth-order valence-electron chi connectivity index (χ4n) is 1.51. The second-order valence-electron chi connectivity index (χ2n) is 3.98. The van der Waals surface area contributed by atoms with Gasteiger partial charge in [0.2, 0.25) is 0 Å². The van der Waals surface area contributed by atoms with Crippen LogP contribution >= 0.6 is 0 Å². The maximum atomic E-state index is 11.1. The van der Waals surface area contributed by atoms with Crippen LogP contribution in [0, 0.1) is 0 Å². The summed E-state index contributed by atoms with van der Waals surface area (Å²) in [6.45, 7) is 6.12. The molecule has 20 heavy (non-hydrogen) atoms. The molecule has 7 nitrogen and oxygen atoms in total. The lowest BCUT2D eigenvalue weighted by atomic mass is 10.4. The largest absolute Gasteiger partial charge is 0.469 e. The Morgan fingerprint density at radius 1 is 1.25 bits per heavy atom. The van der Waals surface area contributed by atoms with Crippen LogP contribution in [0.5, 0.6) is 0 Å². The van der Waals surface area contributed by atoms with Crippen molar-refractivity contribution in [1.82, 2.24) is 9.97 Å². The first-order valence-electron chi connectivity index (χ1n) is 6.69. The van der Waals surface area contributed by atoms with Gasteiger partial charge in [-0.3, -0.25) is 4.79 Å². The van der Waals surface area contributed by atoms with Crippen LogP contribution in [0.1, 0.15) is 26.1 Å². The van der Waals surface area contributed by atoms with Gasteiger partial charge >= 0.3 is 5.97 Å². The number of carbonyl (C=O) groups excluding carboxylic acids is 1. The van der Waals surface area contributed by atoms with E-state index in [0.29, 0.717) is 31.4 Å². The van der Waals surface area contributed by atoms with Gasteiger partial charge in [0.05, 0.1) is 13.5 Å². The van der Waals surface area contributed by atoms with Crippen LogP contribution in [0.2, 0.25) is 0 Å². The lowest BCUT2D eigenvalue weighted by molar-refractivity contribution is -0.140. The molecule has 1 heterocycles. The highest BCUT2D eigenvalue weighted by Crippen LogP contribution is 2.12. The number of methoxy groups -OCH3 is 1. The van der Waals surface area contributed by atoms with E-state index in [2.05, 4.69) is 25.3 Å². The van der Waals surface area contributed by atoms with E-state index in [9.17, 15) is 4.79 Å². The third-order valence-corrected chi connectivity index (χ3v) is 2.43. The second-order valence-corrected chi connectivity index (χ2v) is 3.98. The number of aromatic nitrogens is 2. The second kappa shape index (κ2) is 9.08. The Balaban J connectivity index is 2.66. The Kier molecular flexibility index (Phi) is 7.34. The van der Waals surface area contributed by atoms with Crippen molar-refractivity contribution >= 4 is 17.6 Å². The SMILES string of the molecule is CCNc1cc(NCCC(=O)OC)nc(COCC)n1. The van der Waals surface area contributed by atoms with Gasteiger partial charge in [0.15, 0.2) is 5.82 Å². The Morgan fingerprint density at radius 2 is 1.95 bits per heavy atom. The summed E-state index contributed by atoms with van der Waals surface area (Å²) in [5.41, 5.74) is 0. The maximum absolute atomic E-state index is 11.1. The fourth-order valence-corrected chi connectivity index (χ4v) is 1.51. The predicted octanol–water partition coefficient (Wildman–Crippen LogP) is 1.42. The summed E-state index contributed by atoms with van der Waals surface area (Å²) in [5, 5.41) is 6.21. The molecular weight excluding hydrogens is 260 g/mol. The van der Waals surface area contributed by atoms with Crippen molar-refractivity contribution in [2.45, 2.75) is 26.9 Å². The standard InChI is InChI=1S/C13H22N4O3/c1-4-14-10-8-11(15-7-6-13(18)19-3)17-12(16-10)9-20-5-2/h8H,4-7,9H2,1-3H3,(H2,14,15,16,17). The van der Waals surface area contributed by atoms with Crippen LogP contribution in [0.4, 0.5) is 11.6 Å². The summed E-state index contributed by atoms with van der Waals surface area (Å²) >= 11 is 0. The third-order valence-electron chi connectivity index (χ3n) is 2.43. The normalized spacial score (nSPS) is 10.2. The smallest absolute Gasteiger partial charge is 0.307 e. The average molecular weight is 282 g/mol. The van der Waals surface area contributed by atoms with Gasteiger partial charge in [-0.2, -0.15) is 0 Å². The highest BCUT2D eigenvalue weighted by Gasteiger charge is 2.05. The van der Waals surface area contributed by atoms with Crippen LogP contribution in [-0.2, 0) is 20.9 Å². The van der Waals surface area contributed by atoms with Crippen LogP contribution < -0.4 is 10.6 Å². The van der Waals surface area contributed by atoms with E-state index >= 15 is 0 Å². The summed E-state index contributed by atoms with van der Waals surface area (Å²) in [6.07, 6.45) is 0.290. The lowest BCUT2D eigenvalue weighted by Gasteiger charge is -2.10. The molecule has 0 saturated carbocycles. The number of rotatable bonds is 9. The molecule has 0 aliphatic rings. The number of carbonyl (C=O) groups is 1. The summed E-state index contributed by atoms with van der Waals surface area (Å²) in [6, 6.07) is 1.80. The van der Waals surface area contributed by atoms with Gasteiger partial charge in [0, 0.05) is 25.8 Å². The number of anilines is 2. The van der Waals surface area contributed by atoms with Gasteiger partial charge in [0.1, 0.15) is 18.2 Å². The van der Waals surface area contributed by atoms with E-state index in [0.717, 1.165) is 12.4 Å². The molecule has 0 bridgehead atoms. The molecule has 7 heteroatoms. The number of hydrogen-bond acceptors (Lipinski definition) is 7. The molecule has 1 aromatic rings. The van der Waals surface area contributed by atoms with Crippen LogP contribution in [-0.4, -0.2) is 42.7 Å². The zero-order valence-electron chi connectivity index (χ0n) is 12.2. The summed E-state index contributed by atoms with van der Waals surface area (Å²) in [7, 11) is 1.37. The molecule has 0 fully saturated rings. The van der Waals surface area contributed by atoms with E-state index in [4.69, 9.17) is 4.74 Å². The molecular formula is C13H22N4O3. The van der Waals surface area contributed by atoms with E-state index in [1.807, 2.05) is 13.8 Å². The quantitative estimate of drug-likeness (QED) is 0.662. The van der Waals surface area contributed by atoms with Gasteiger partial charge in [-0.05, 0) is 13.8 Å². The van der Waals surface area contributed by atoms with E-state index < -0.39 is 0 Å². The van der Waals surface area contributed by atoms with Crippen LogP contribution in [0.15, 0.2) is 6.07 Å². The van der Waals surface area contributed by atoms with Gasteiger partial charge in [-0.1, -0.05) is 0 Å². The number of nitrogens with zero attached hydrogens (tertiary/aromatic N) is 2. The van der Waals surface area contributed by atoms with Crippen molar-refractivity contribution in [2.24, 2.45) is 0 Å². The molecule has 0 radical (unpaired) electrons.